The SMILES string of the molecule is Cc1c(C(=O)NCCNC2C3CC4CC(C3)CC2C4)[nH]c(-c2ccc(Cl)cc2Cl)c1-c1ccc(Cl)cc1. The Balaban J connectivity index is 1.19. The molecule has 2 aromatic carbocycles. The van der Waals surface area contributed by atoms with Gasteiger partial charge in [-0.05, 0) is 104 Å². The van der Waals surface area contributed by atoms with Crippen molar-refractivity contribution in [2.45, 2.75) is 45.1 Å². The Morgan fingerprint density at radius 3 is 2.19 bits per heavy atom. The first-order valence-electron chi connectivity index (χ1n) is 13.3. The Labute approximate surface area is 233 Å². The van der Waals surface area contributed by atoms with E-state index in [2.05, 4.69) is 15.6 Å². The maximum atomic E-state index is 13.3. The maximum Gasteiger partial charge on any atom is 0.268 e. The number of H-pyrrole nitrogens is 1. The van der Waals surface area contributed by atoms with Gasteiger partial charge in [0.2, 0.25) is 0 Å². The molecule has 4 aliphatic rings. The summed E-state index contributed by atoms with van der Waals surface area (Å²) < 4.78 is 0. The lowest BCUT2D eigenvalue weighted by Gasteiger charge is -2.54. The van der Waals surface area contributed by atoms with Gasteiger partial charge in [-0.2, -0.15) is 0 Å². The topological polar surface area (TPSA) is 56.9 Å². The first-order valence-corrected chi connectivity index (χ1v) is 14.5. The summed E-state index contributed by atoms with van der Waals surface area (Å²) in [6.07, 6.45) is 7.03. The molecule has 0 aliphatic heterocycles. The van der Waals surface area contributed by atoms with Crippen LogP contribution in [0.2, 0.25) is 15.1 Å². The molecule has 0 unspecified atom stereocenters. The summed E-state index contributed by atoms with van der Waals surface area (Å²) in [5.41, 5.74) is 4.88. The van der Waals surface area contributed by atoms with Crippen molar-refractivity contribution in [3.05, 3.63) is 68.8 Å². The molecule has 7 heteroatoms. The quantitative estimate of drug-likeness (QED) is 0.260. The zero-order valence-corrected chi connectivity index (χ0v) is 23.2. The fraction of sp³-hybridized carbons (Fsp3) is 0.433. The summed E-state index contributed by atoms with van der Waals surface area (Å²) in [5.74, 6) is 3.47. The number of nitrogens with one attached hydrogen (secondary N) is 3. The van der Waals surface area contributed by atoms with Crippen LogP contribution in [-0.2, 0) is 0 Å². The van der Waals surface area contributed by atoms with Gasteiger partial charge in [0.25, 0.3) is 5.91 Å². The average Bonchev–Trinajstić information content (AvgIpc) is 3.20. The molecule has 0 atom stereocenters. The molecule has 4 saturated carbocycles. The zero-order valence-electron chi connectivity index (χ0n) is 20.9. The van der Waals surface area contributed by atoms with Crippen LogP contribution in [0.4, 0.5) is 0 Å². The molecule has 3 aromatic rings. The molecule has 7 rings (SSSR count). The minimum absolute atomic E-state index is 0.115. The Hall–Kier alpha value is -1.98. The molecule has 4 nitrogen and oxygen atoms in total. The Morgan fingerprint density at radius 1 is 0.892 bits per heavy atom. The number of hydrogen-bond acceptors (Lipinski definition) is 2. The Bertz CT molecular complexity index is 1290. The molecule has 37 heavy (non-hydrogen) atoms. The van der Waals surface area contributed by atoms with Crippen LogP contribution in [0.15, 0.2) is 42.5 Å². The van der Waals surface area contributed by atoms with E-state index in [1.807, 2.05) is 37.3 Å². The van der Waals surface area contributed by atoms with Gasteiger partial charge in [-0.15, -0.1) is 0 Å². The van der Waals surface area contributed by atoms with Gasteiger partial charge in [-0.1, -0.05) is 46.9 Å². The first-order chi connectivity index (χ1) is 17.9. The van der Waals surface area contributed by atoms with Crippen LogP contribution in [-0.4, -0.2) is 30.0 Å². The molecule has 3 N–H and O–H groups in total. The second-order valence-corrected chi connectivity index (χ2v) is 12.5. The van der Waals surface area contributed by atoms with Gasteiger partial charge in [-0.3, -0.25) is 4.79 Å². The lowest BCUT2D eigenvalue weighted by atomic mass is 9.54. The van der Waals surface area contributed by atoms with Crippen molar-refractivity contribution in [1.29, 1.82) is 0 Å². The highest BCUT2D eigenvalue weighted by molar-refractivity contribution is 6.36. The lowest BCUT2D eigenvalue weighted by molar-refractivity contribution is -0.0133. The molecule has 4 fully saturated rings. The molecular weight excluding hydrogens is 525 g/mol. The smallest absolute Gasteiger partial charge is 0.268 e. The van der Waals surface area contributed by atoms with Crippen molar-refractivity contribution in [2.75, 3.05) is 13.1 Å². The molecule has 0 saturated heterocycles. The van der Waals surface area contributed by atoms with Crippen molar-refractivity contribution >= 4 is 40.7 Å². The van der Waals surface area contributed by atoms with Gasteiger partial charge in [-0.25, -0.2) is 0 Å². The number of carbonyl (C=O) groups is 1. The van der Waals surface area contributed by atoms with E-state index in [0.29, 0.717) is 33.3 Å². The molecule has 4 aliphatic carbocycles. The third-order valence-corrected chi connectivity index (χ3v) is 9.63. The number of aromatic nitrogens is 1. The normalized spacial score (nSPS) is 26.0. The number of amides is 1. The van der Waals surface area contributed by atoms with Crippen LogP contribution < -0.4 is 10.6 Å². The number of benzene rings is 2. The number of carbonyl (C=O) groups excluding carboxylic acids is 1. The minimum atomic E-state index is -0.115. The highest BCUT2D eigenvalue weighted by Gasteiger charge is 2.47. The monoisotopic (exact) mass is 555 g/mol. The van der Waals surface area contributed by atoms with Gasteiger partial charge in [0.05, 0.1) is 10.7 Å². The molecule has 4 bridgehead atoms. The van der Waals surface area contributed by atoms with Gasteiger partial charge < -0.3 is 15.6 Å². The summed E-state index contributed by atoms with van der Waals surface area (Å²) in [6, 6.07) is 13.7. The van der Waals surface area contributed by atoms with E-state index in [-0.39, 0.29) is 5.91 Å². The molecular formula is C30H32Cl3N3O. The lowest BCUT2D eigenvalue weighted by Crippen LogP contribution is -2.55. The Kier molecular flexibility index (Phi) is 7.04. The van der Waals surface area contributed by atoms with Gasteiger partial charge in [0, 0.05) is 40.3 Å². The van der Waals surface area contributed by atoms with Crippen LogP contribution in [0.3, 0.4) is 0 Å². The van der Waals surface area contributed by atoms with E-state index in [0.717, 1.165) is 58.2 Å². The van der Waals surface area contributed by atoms with Crippen molar-refractivity contribution in [1.82, 2.24) is 15.6 Å². The average molecular weight is 557 g/mol. The second kappa shape index (κ2) is 10.3. The van der Waals surface area contributed by atoms with Crippen molar-refractivity contribution < 1.29 is 4.79 Å². The number of halogens is 3. The second-order valence-electron chi connectivity index (χ2n) is 11.2. The summed E-state index contributed by atoms with van der Waals surface area (Å²) in [5, 5.41) is 8.68. The standard InChI is InChI=1S/C30H32Cl3N3O/c1-16-26(19-2-4-22(31)5-3-19)29(24-7-6-23(32)15-25(24)33)36-27(16)30(37)35-9-8-34-28-20-11-17-10-18(13-20)14-21(28)12-17/h2-7,15,17-18,20-21,28,34,36H,8-14H2,1H3,(H,35,37). The van der Waals surface area contributed by atoms with E-state index in [4.69, 9.17) is 34.8 Å². The fourth-order valence-electron chi connectivity index (χ4n) is 7.45. The largest absolute Gasteiger partial charge is 0.350 e. The van der Waals surface area contributed by atoms with Gasteiger partial charge in [0.15, 0.2) is 0 Å². The van der Waals surface area contributed by atoms with E-state index >= 15 is 0 Å². The van der Waals surface area contributed by atoms with E-state index in [1.54, 1.807) is 12.1 Å². The van der Waals surface area contributed by atoms with Crippen LogP contribution in [0.5, 0.6) is 0 Å². The predicted octanol–water partition coefficient (Wildman–Crippen LogP) is 7.76. The highest BCUT2D eigenvalue weighted by Crippen LogP contribution is 2.53. The van der Waals surface area contributed by atoms with E-state index in [9.17, 15) is 4.79 Å². The summed E-state index contributed by atoms with van der Waals surface area (Å²) in [7, 11) is 0. The van der Waals surface area contributed by atoms with Crippen LogP contribution in [0, 0.1) is 30.6 Å². The van der Waals surface area contributed by atoms with Crippen LogP contribution in [0.1, 0.15) is 48.2 Å². The van der Waals surface area contributed by atoms with Crippen molar-refractivity contribution in [3.8, 4) is 22.4 Å². The third-order valence-electron chi connectivity index (χ3n) is 8.83. The molecule has 194 valence electrons. The van der Waals surface area contributed by atoms with Gasteiger partial charge >= 0.3 is 0 Å². The van der Waals surface area contributed by atoms with Gasteiger partial charge in [0.1, 0.15) is 5.69 Å². The maximum absolute atomic E-state index is 13.3. The number of aromatic amines is 1. The van der Waals surface area contributed by atoms with Crippen molar-refractivity contribution in [3.63, 3.8) is 0 Å². The highest BCUT2D eigenvalue weighted by atomic mass is 35.5. The Morgan fingerprint density at radius 2 is 1.54 bits per heavy atom. The fourth-order valence-corrected chi connectivity index (χ4v) is 8.08. The number of hydrogen-bond donors (Lipinski definition) is 3. The molecule has 0 radical (unpaired) electrons. The zero-order chi connectivity index (χ0) is 25.7. The van der Waals surface area contributed by atoms with Crippen LogP contribution in [0.25, 0.3) is 22.4 Å². The van der Waals surface area contributed by atoms with E-state index < -0.39 is 0 Å². The first kappa shape index (κ1) is 25.3. The molecule has 0 spiro atoms. The summed E-state index contributed by atoms with van der Waals surface area (Å²) in [6.45, 7) is 3.35. The molecule has 1 amide bonds. The summed E-state index contributed by atoms with van der Waals surface area (Å²) >= 11 is 18.9. The minimum Gasteiger partial charge on any atom is -0.350 e. The molecule has 1 aromatic heterocycles. The summed E-state index contributed by atoms with van der Waals surface area (Å²) in [4.78, 5) is 16.7. The molecule has 1 heterocycles. The number of rotatable bonds is 7. The third kappa shape index (κ3) is 4.94. The van der Waals surface area contributed by atoms with Crippen LogP contribution >= 0.6 is 34.8 Å². The predicted molar refractivity (Wildman–Crippen MR) is 153 cm³/mol. The van der Waals surface area contributed by atoms with Crippen molar-refractivity contribution in [2.24, 2.45) is 23.7 Å². The van der Waals surface area contributed by atoms with E-state index in [1.165, 1.54) is 32.1 Å².